The van der Waals surface area contributed by atoms with Crippen molar-refractivity contribution in [2.45, 2.75) is 33.6 Å². The van der Waals surface area contributed by atoms with Crippen LogP contribution < -0.4 is 14.8 Å². The third kappa shape index (κ3) is 2.54. The molecule has 6 heteroatoms. The summed E-state index contributed by atoms with van der Waals surface area (Å²) in [4.78, 5) is 12.1. The summed E-state index contributed by atoms with van der Waals surface area (Å²) in [5.41, 5.74) is 0.189. The van der Waals surface area contributed by atoms with Gasteiger partial charge in [0, 0.05) is 6.07 Å². The summed E-state index contributed by atoms with van der Waals surface area (Å²) in [5, 5.41) is 12.9. The number of aromatic nitrogens is 1. The lowest BCUT2D eigenvalue weighted by molar-refractivity contribution is -0.897. The van der Waals surface area contributed by atoms with Gasteiger partial charge in [-0.15, -0.1) is 0 Å². The predicted molar refractivity (Wildman–Crippen MR) is 73.4 cm³/mol. The van der Waals surface area contributed by atoms with Gasteiger partial charge < -0.3 is 9.94 Å². The number of hydrogen-bond acceptors (Lipinski definition) is 3. The van der Waals surface area contributed by atoms with E-state index in [0.29, 0.717) is 30.3 Å². The van der Waals surface area contributed by atoms with Crippen molar-refractivity contribution in [3.05, 3.63) is 16.2 Å². The van der Waals surface area contributed by atoms with Crippen LogP contribution in [-0.2, 0) is 11.2 Å². The topological polar surface area (TPSA) is 62.4 Å². The van der Waals surface area contributed by atoms with E-state index in [9.17, 15) is 10.0 Å². The Labute approximate surface area is 120 Å². The van der Waals surface area contributed by atoms with Crippen LogP contribution in [-0.4, -0.2) is 17.7 Å². The molecule has 1 amide bonds. The number of fused-ring (bicyclic) bond motifs is 1. The van der Waals surface area contributed by atoms with E-state index in [1.165, 1.54) is 0 Å². The molecule has 0 fully saturated rings. The molecule has 1 aliphatic heterocycles. The number of carbonyl (C=O) groups excluding carboxylic acids is 1. The van der Waals surface area contributed by atoms with Crippen LogP contribution in [0.15, 0.2) is 10.5 Å². The molecule has 1 aromatic heterocycles. The van der Waals surface area contributed by atoms with Crippen molar-refractivity contribution in [3.8, 4) is 5.75 Å². The second kappa shape index (κ2) is 5.00. The highest BCUT2D eigenvalue weighted by Gasteiger charge is 2.33. The van der Waals surface area contributed by atoms with Gasteiger partial charge >= 0.3 is 11.7 Å². The van der Waals surface area contributed by atoms with Crippen molar-refractivity contribution in [3.63, 3.8) is 0 Å². The molecule has 5 nitrogen and oxygen atoms in total. The zero-order chi connectivity index (χ0) is 14.2. The summed E-state index contributed by atoms with van der Waals surface area (Å²) in [7, 11) is 0. The molecule has 0 aliphatic carbocycles. The number of rotatable bonds is 3. The lowest BCUT2D eigenvalue weighted by atomic mass is 9.89. The molecule has 0 unspecified atom stereocenters. The molecule has 0 aromatic carbocycles. The Morgan fingerprint density at radius 3 is 2.95 bits per heavy atom. The summed E-state index contributed by atoms with van der Waals surface area (Å²) in [6.45, 7) is 6.23. The van der Waals surface area contributed by atoms with Crippen LogP contribution in [0.1, 0.15) is 32.9 Å². The van der Waals surface area contributed by atoms with Crippen LogP contribution in [0.5, 0.6) is 5.75 Å². The predicted octanol–water partition coefficient (Wildman–Crippen LogP) is 2.28. The molecule has 104 valence electrons. The van der Waals surface area contributed by atoms with Gasteiger partial charge in [0.15, 0.2) is 11.4 Å². The molecular weight excluding hydrogens is 312 g/mol. The zero-order valence-corrected chi connectivity index (χ0v) is 12.9. The first-order chi connectivity index (χ1) is 8.86. The SMILES string of the molecule is CCC(C)(C)C(=O)Nc1cc(Br)c2c([n+]1O)CCO2. The lowest BCUT2D eigenvalue weighted by Crippen LogP contribution is -2.42. The fraction of sp³-hybridized carbons (Fsp3) is 0.538. The molecule has 0 spiro atoms. The summed E-state index contributed by atoms with van der Waals surface area (Å²) in [5.74, 6) is 0.862. The van der Waals surface area contributed by atoms with Crippen molar-refractivity contribution in [2.24, 2.45) is 5.41 Å². The van der Waals surface area contributed by atoms with Crippen molar-refractivity contribution in [1.29, 1.82) is 0 Å². The molecule has 0 saturated heterocycles. The minimum atomic E-state index is -0.477. The zero-order valence-electron chi connectivity index (χ0n) is 11.3. The first-order valence-corrected chi connectivity index (χ1v) is 7.07. The average molecular weight is 330 g/mol. The van der Waals surface area contributed by atoms with Gasteiger partial charge in [-0.2, -0.15) is 0 Å². The van der Waals surface area contributed by atoms with Gasteiger partial charge in [0.1, 0.15) is 0 Å². The average Bonchev–Trinajstić information content (AvgIpc) is 2.85. The highest BCUT2D eigenvalue weighted by Crippen LogP contribution is 2.33. The van der Waals surface area contributed by atoms with Crippen LogP contribution in [0.3, 0.4) is 0 Å². The highest BCUT2D eigenvalue weighted by molar-refractivity contribution is 9.10. The van der Waals surface area contributed by atoms with Crippen molar-refractivity contribution in [1.82, 2.24) is 0 Å². The number of carbonyl (C=O) groups is 1. The number of ether oxygens (including phenoxy) is 1. The van der Waals surface area contributed by atoms with Crippen LogP contribution in [0.4, 0.5) is 5.82 Å². The van der Waals surface area contributed by atoms with Gasteiger partial charge in [-0.05, 0) is 40.9 Å². The molecule has 1 aromatic rings. The van der Waals surface area contributed by atoms with Crippen LogP contribution in [0, 0.1) is 5.41 Å². The highest BCUT2D eigenvalue weighted by atomic mass is 79.9. The fourth-order valence-corrected chi connectivity index (χ4v) is 2.34. The van der Waals surface area contributed by atoms with E-state index in [4.69, 9.17) is 4.74 Å². The molecule has 19 heavy (non-hydrogen) atoms. The number of anilines is 1. The van der Waals surface area contributed by atoms with E-state index < -0.39 is 5.41 Å². The minimum Gasteiger partial charge on any atom is -0.488 e. The van der Waals surface area contributed by atoms with E-state index in [2.05, 4.69) is 21.2 Å². The molecule has 1 aliphatic rings. The van der Waals surface area contributed by atoms with Crippen LogP contribution in [0.25, 0.3) is 0 Å². The van der Waals surface area contributed by atoms with E-state index in [0.717, 1.165) is 15.6 Å². The number of halogens is 1. The Morgan fingerprint density at radius 2 is 2.32 bits per heavy atom. The normalized spacial score (nSPS) is 13.9. The monoisotopic (exact) mass is 329 g/mol. The van der Waals surface area contributed by atoms with E-state index >= 15 is 0 Å². The number of nitrogens with one attached hydrogen (secondary N) is 1. The Balaban J connectivity index is 2.32. The van der Waals surface area contributed by atoms with Gasteiger partial charge in [-0.3, -0.25) is 0 Å². The maximum absolute atomic E-state index is 12.1. The number of hydrogen-bond donors (Lipinski definition) is 2. The summed E-state index contributed by atoms with van der Waals surface area (Å²) in [6.07, 6.45) is 1.34. The van der Waals surface area contributed by atoms with Crippen molar-refractivity contribution < 1.29 is 19.5 Å². The minimum absolute atomic E-state index is 0.122. The van der Waals surface area contributed by atoms with Crippen molar-refractivity contribution in [2.75, 3.05) is 11.9 Å². The van der Waals surface area contributed by atoms with Gasteiger partial charge in [-0.25, -0.2) is 10.1 Å². The fourth-order valence-electron chi connectivity index (χ4n) is 1.78. The Bertz CT molecular complexity index is 529. The van der Waals surface area contributed by atoms with Gasteiger partial charge in [0.05, 0.1) is 22.9 Å². The van der Waals surface area contributed by atoms with E-state index in [1.807, 2.05) is 20.8 Å². The molecule has 0 bridgehead atoms. The Kier molecular flexibility index (Phi) is 3.71. The van der Waals surface area contributed by atoms with E-state index in [-0.39, 0.29) is 5.91 Å². The van der Waals surface area contributed by atoms with Gasteiger partial charge in [0.2, 0.25) is 0 Å². The second-order valence-electron chi connectivity index (χ2n) is 5.26. The van der Waals surface area contributed by atoms with E-state index in [1.54, 1.807) is 6.07 Å². The lowest BCUT2D eigenvalue weighted by Gasteiger charge is -2.17. The third-order valence-electron chi connectivity index (χ3n) is 3.55. The smallest absolute Gasteiger partial charge is 0.322 e. The maximum Gasteiger partial charge on any atom is 0.322 e. The largest absolute Gasteiger partial charge is 0.488 e. The molecule has 0 saturated carbocycles. The van der Waals surface area contributed by atoms with Crippen molar-refractivity contribution >= 4 is 27.7 Å². The quantitative estimate of drug-likeness (QED) is 0.660. The maximum atomic E-state index is 12.1. The number of pyridine rings is 1. The number of amides is 1. The summed E-state index contributed by atoms with van der Waals surface area (Å²) in [6, 6.07) is 1.65. The second-order valence-corrected chi connectivity index (χ2v) is 6.11. The van der Waals surface area contributed by atoms with Gasteiger partial charge in [-0.1, -0.05) is 6.92 Å². The summed E-state index contributed by atoms with van der Waals surface area (Å²) >= 11 is 3.39. The first kappa shape index (κ1) is 14.1. The molecular formula is C13H18BrN2O3+. The standard InChI is InChI=1S/C13H17BrN2O3/c1-4-13(2,3)12(17)15-10-7-8(14)11-9(16(10)18)5-6-19-11/h7,18H,4-6H2,1-3H3/p+1. The third-order valence-corrected chi connectivity index (χ3v) is 4.14. The summed E-state index contributed by atoms with van der Waals surface area (Å²) < 4.78 is 7.15. The molecule has 2 N–H and O–H groups in total. The molecule has 2 rings (SSSR count). The molecule has 0 radical (unpaired) electrons. The van der Waals surface area contributed by atoms with Crippen LogP contribution in [0.2, 0.25) is 0 Å². The molecule has 2 heterocycles. The Morgan fingerprint density at radius 1 is 1.63 bits per heavy atom. The number of nitrogens with zero attached hydrogens (tertiary/aromatic N) is 1. The van der Waals surface area contributed by atoms with Crippen LogP contribution >= 0.6 is 15.9 Å². The van der Waals surface area contributed by atoms with Gasteiger partial charge in [0.25, 0.3) is 0 Å². The molecule has 0 atom stereocenters. The Hall–Kier alpha value is -1.30. The first-order valence-electron chi connectivity index (χ1n) is 6.27.